The quantitative estimate of drug-likeness (QED) is 0.881. The first-order chi connectivity index (χ1) is 9.33. The zero-order valence-electron chi connectivity index (χ0n) is 10.8. The number of halogens is 2. The third kappa shape index (κ3) is 3.18. The number of thiazole rings is 1. The van der Waals surface area contributed by atoms with Crippen LogP contribution in [0.25, 0.3) is 0 Å². The summed E-state index contributed by atoms with van der Waals surface area (Å²) in [5.41, 5.74) is 0.856. The van der Waals surface area contributed by atoms with E-state index in [1.807, 2.05) is 13.8 Å². The molecule has 0 radical (unpaired) electrons. The van der Waals surface area contributed by atoms with E-state index in [9.17, 15) is 12.8 Å². The normalized spacial score (nSPS) is 11.6. The molecular weight excluding hydrogens is 367 g/mol. The van der Waals surface area contributed by atoms with Gasteiger partial charge in [0.05, 0.1) is 15.1 Å². The van der Waals surface area contributed by atoms with Crippen LogP contribution < -0.4 is 4.72 Å². The van der Waals surface area contributed by atoms with E-state index in [0.29, 0.717) is 5.13 Å². The fourth-order valence-corrected chi connectivity index (χ4v) is 4.01. The summed E-state index contributed by atoms with van der Waals surface area (Å²) in [7, 11) is -3.83. The third-order valence-electron chi connectivity index (χ3n) is 2.65. The van der Waals surface area contributed by atoms with E-state index in [-0.39, 0.29) is 9.37 Å². The van der Waals surface area contributed by atoms with E-state index < -0.39 is 15.8 Å². The first-order valence-electron chi connectivity index (χ1n) is 5.77. The highest BCUT2D eigenvalue weighted by Gasteiger charge is 2.18. The van der Waals surface area contributed by atoms with Gasteiger partial charge in [-0.25, -0.2) is 17.8 Å². The predicted octanol–water partition coefficient (Wildman–Crippen LogP) is 3.72. The number of hydrogen-bond acceptors (Lipinski definition) is 4. The molecule has 1 aromatic heterocycles. The van der Waals surface area contributed by atoms with E-state index in [1.54, 1.807) is 0 Å². The van der Waals surface area contributed by atoms with Crippen molar-refractivity contribution < 1.29 is 12.8 Å². The number of sulfonamides is 1. The van der Waals surface area contributed by atoms with Crippen LogP contribution in [0.4, 0.5) is 9.52 Å². The second-order valence-electron chi connectivity index (χ2n) is 4.06. The maximum atomic E-state index is 13.4. The molecule has 0 fully saturated rings. The number of aryl methyl sites for hydroxylation is 2. The van der Waals surface area contributed by atoms with Gasteiger partial charge in [-0.15, -0.1) is 11.3 Å². The second kappa shape index (κ2) is 5.79. The summed E-state index contributed by atoms with van der Waals surface area (Å²) in [4.78, 5) is 5.03. The standard InChI is InChI=1S/C12H12BrFN2O2S2/c1-3-11-7(2)19-12(15-11)16-20(17,18)8-4-5-9(13)10(14)6-8/h4-6H,3H2,1-2H3,(H,15,16). The monoisotopic (exact) mass is 378 g/mol. The zero-order valence-corrected chi connectivity index (χ0v) is 14.0. The van der Waals surface area contributed by atoms with Gasteiger partial charge in [-0.05, 0) is 47.5 Å². The molecule has 8 heteroatoms. The summed E-state index contributed by atoms with van der Waals surface area (Å²) < 4.78 is 40.3. The lowest BCUT2D eigenvalue weighted by atomic mass is 10.3. The molecule has 0 aliphatic rings. The SMILES string of the molecule is CCc1nc(NS(=O)(=O)c2ccc(Br)c(F)c2)sc1C. The Kier molecular flexibility index (Phi) is 4.46. The molecule has 0 unspecified atom stereocenters. The molecule has 0 saturated heterocycles. The van der Waals surface area contributed by atoms with Crippen molar-refractivity contribution in [3.63, 3.8) is 0 Å². The van der Waals surface area contributed by atoms with Crippen molar-refractivity contribution in [1.29, 1.82) is 0 Å². The summed E-state index contributed by atoms with van der Waals surface area (Å²) in [5, 5.41) is 0.294. The number of aromatic nitrogens is 1. The number of nitrogens with one attached hydrogen (secondary N) is 1. The molecule has 0 bridgehead atoms. The van der Waals surface area contributed by atoms with Crippen LogP contribution in [0.1, 0.15) is 17.5 Å². The fourth-order valence-electron chi connectivity index (χ4n) is 1.62. The maximum Gasteiger partial charge on any atom is 0.263 e. The van der Waals surface area contributed by atoms with Gasteiger partial charge in [-0.1, -0.05) is 6.92 Å². The zero-order chi connectivity index (χ0) is 14.9. The Morgan fingerprint density at radius 1 is 1.45 bits per heavy atom. The van der Waals surface area contributed by atoms with Crippen LogP contribution in [0.2, 0.25) is 0 Å². The fraction of sp³-hybridized carbons (Fsp3) is 0.250. The van der Waals surface area contributed by atoms with Crippen molar-refractivity contribution in [3.8, 4) is 0 Å². The Labute approximate surface area is 129 Å². The van der Waals surface area contributed by atoms with Crippen LogP contribution in [0.15, 0.2) is 27.6 Å². The van der Waals surface area contributed by atoms with E-state index in [0.717, 1.165) is 23.1 Å². The molecule has 0 amide bonds. The molecular formula is C12H12BrFN2O2S2. The molecule has 0 aliphatic carbocycles. The smallest absolute Gasteiger partial charge is 0.255 e. The minimum Gasteiger partial charge on any atom is -0.255 e. The van der Waals surface area contributed by atoms with Crippen molar-refractivity contribution in [1.82, 2.24) is 4.98 Å². The Morgan fingerprint density at radius 2 is 2.15 bits per heavy atom. The molecule has 0 atom stereocenters. The summed E-state index contributed by atoms with van der Waals surface area (Å²) in [6.45, 7) is 3.83. The van der Waals surface area contributed by atoms with Gasteiger partial charge in [-0.3, -0.25) is 4.72 Å². The largest absolute Gasteiger partial charge is 0.263 e. The molecule has 2 rings (SSSR count). The number of anilines is 1. The molecule has 4 nitrogen and oxygen atoms in total. The summed E-state index contributed by atoms with van der Waals surface area (Å²) in [6.07, 6.45) is 0.733. The highest BCUT2D eigenvalue weighted by molar-refractivity contribution is 9.10. The highest BCUT2D eigenvalue weighted by atomic mass is 79.9. The van der Waals surface area contributed by atoms with Gasteiger partial charge in [0.15, 0.2) is 5.13 Å². The minimum absolute atomic E-state index is 0.135. The van der Waals surface area contributed by atoms with Gasteiger partial charge < -0.3 is 0 Å². The summed E-state index contributed by atoms with van der Waals surface area (Å²) >= 11 is 4.25. The minimum atomic E-state index is -3.83. The number of hydrogen-bond donors (Lipinski definition) is 1. The first kappa shape index (κ1) is 15.4. The van der Waals surface area contributed by atoms with Gasteiger partial charge in [0, 0.05) is 4.88 Å². The van der Waals surface area contributed by atoms with Crippen LogP contribution in [-0.2, 0) is 16.4 Å². The van der Waals surface area contributed by atoms with Crippen LogP contribution in [-0.4, -0.2) is 13.4 Å². The number of benzene rings is 1. The molecule has 108 valence electrons. The van der Waals surface area contributed by atoms with E-state index >= 15 is 0 Å². The van der Waals surface area contributed by atoms with Gasteiger partial charge in [0.25, 0.3) is 10.0 Å². The molecule has 1 aromatic carbocycles. The second-order valence-corrected chi connectivity index (χ2v) is 7.80. The number of nitrogens with zero attached hydrogens (tertiary/aromatic N) is 1. The third-order valence-corrected chi connectivity index (χ3v) is 5.69. The molecule has 0 spiro atoms. The number of rotatable bonds is 4. The molecule has 2 aromatic rings. The van der Waals surface area contributed by atoms with Crippen molar-refractivity contribution >= 4 is 42.4 Å². The lowest BCUT2D eigenvalue weighted by Gasteiger charge is -2.05. The predicted molar refractivity (Wildman–Crippen MR) is 81.1 cm³/mol. The molecule has 0 saturated carbocycles. The van der Waals surface area contributed by atoms with Crippen molar-refractivity contribution in [2.45, 2.75) is 25.2 Å². The Balaban J connectivity index is 2.32. The molecule has 1 heterocycles. The van der Waals surface area contributed by atoms with Crippen LogP contribution >= 0.6 is 27.3 Å². The Morgan fingerprint density at radius 3 is 2.70 bits per heavy atom. The van der Waals surface area contributed by atoms with E-state index in [1.165, 1.54) is 23.5 Å². The summed E-state index contributed by atoms with van der Waals surface area (Å²) in [6, 6.07) is 3.65. The summed E-state index contributed by atoms with van der Waals surface area (Å²) in [5.74, 6) is -0.627. The highest BCUT2D eigenvalue weighted by Crippen LogP contribution is 2.26. The van der Waals surface area contributed by atoms with Gasteiger partial charge >= 0.3 is 0 Å². The average molecular weight is 379 g/mol. The van der Waals surface area contributed by atoms with Crippen LogP contribution in [0.3, 0.4) is 0 Å². The van der Waals surface area contributed by atoms with Crippen LogP contribution in [0, 0.1) is 12.7 Å². The lowest BCUT2D eigenvalue weighted by molar-refractivity contribution is 0.593. The van der Waals surface area contributed by atoms with Crippen molar-refractivity contribution in [2.75, 3.05) is 4.72 Å². The molecule has 0 aliphatic heterocycles. The van der Waals surface area contributed by atoms with E-state index in [2.05, 4.69) is 25.6 Å². The molecule has 1 N–H and O–H groups in total. The van der Waals surface area contributed by atoms with Gasteiger partial charge in [0.1, 0.15) is 5.82 Å². The Bertz CT molecular complexity index is 744. The molecule has 20 heavy (non-hydrogen) atoms. The Hall–Kier alpha value is -0.990. The van der Waals surface area contributed by atoms with Crippen molar-refractivity contribution in [2.24, 2.45) is 0 Å². The van der Waals surface area contributed by atoms with Gasteiger partial charge in [-0.2, -0.15) is 0 Å². The average Bonchev–Trinajstić information content (AvgIpc) is 2.71. The van der Waals surface area contributed by atoms with Gasteiger partial charge in [0.2, 0.25) is 0 Å². The van der Waals surface area contributed by atoms with Crippen LogP contribution in [0.5, 0.6) is 0 Å². The lowest BCUT2D eigenvalue weighted by Crippen LogP contribution is -2.13. The van der Waals surface area contributed by atoms with Crippen molar-refractivity contribution in [3.05, 3.63) is 39.1 Å². The van der Waals surface area contributed by atoms with E-state index in [4.69, 9.17) is 0 Å². The first-order valence-corrected chi connectivity index (χ1v) is 8.87. The maximum absolute atomic E-state index is 13.4. The topological polar surface area (TPSA) is 59.1 Å².